The van der Waals surface area contributed by atoms with E-state index in [-0.39, 0.29) is 0 Å². The molecule has 17 heavy (non-hydrogen) atoms. The molecule has 2 rings (SSSR count). The molecule has 1 aromatic heterocycles. The monoisotopic (exact) mass is 264 g/mol. The second-order valence-electron chi connectivity index (χ2n) is 4.55. The fraction of sp³-hybridized carbons (Fsp3) is 0.333. The van der Waals surface area contributed by atoms with E-state index < -0.39 is 0 Å². The summed E-state index contributed by atoms with van der Waals surface area (Å²) in [5.41, 5.74) is 4.11. The van der Waals surface area contributed by atoms with Gasteiger partial charge in [-0.15, -0.1) is 11.6 Å². The third kappa shape index (κ3) is 3.86. The Morgan fingerprint density at radius 3 is 2.35 bits per heavy atom. The Morgan fingerprint density at radius 1 is 1.06 bits per heavy atom. The lowest BCUT2D eigenvalue weighted by Crippen LogP contribution is -2.09. The zero-order chi connectivity index (χ0) is 12.1. The average molecular weight is 265 g/mol. The van der Waals surface area contributed by atoms with Crippen molar-refractivity contribution in [3.8, 4) is 0 Å². The highest BCUT2D eigenvalue weighted by Crippen LogP contribution is 2.18. The molecular weight excluding hydrogens is 248 g/mol. The summed E-state index contributed by atoms with van der Waals surface area (Å²) >= 11 is 7.83. The Balaban J connectivity index is 1.97. The second kappa shape index (κ2) is 6.23. The Hall–Kier alpha value is -0.790. The summed E-state index contributed by atoms with van der Waals surface area (Å²) in [6.07, 6.45) is 2.15. The smallest absolute Gasteiger partial charge is 0.0258 e. The molecule has 0 aliphatic rings. The molecule has 1 aromatic carbocycles. The largest absolute Gasteiger partial charge is 0.152 e. The number of hydrogen-bond acceptors (Lipinski definition) is 1. The Bertz CT molecular complexity index is 430. The van der Waals surface area contributed by atoms with Gasteiger partial charge in [-0.25, -0.2) is 0 Å². The molecule has 0 N–H and O–H groups in total. The van der Waals surface area contributed by atoms with Crippen LogP contribution in [-0.4, -0.2) is 5.88 Å². The van der Waals surface area contributed by atoms with Crippen molar-refractivity contribution in [1.82, 2.24) is 0 Å². The first-order valence-corrected chi connectivity index (χ1v) is 7.38. The maximum Gasteiger partial charge on any atom is 0.0258 e. The van der Waals surface area contributed by atoms with Gasteiger partial charge >= 0.3 is 0 Å². The van der Waals surface area contributed by atoms with Crippen molar-refractivity contribution in [3.05, 3.63) is 57.8 Å². The van der Waals surface area contributed by atoms with Crippen molar-refractivity contribution in [3.63, 3.8) is 0 Å². The minimum Gasteiger partial charge on any atom is -0.152 e. The summed E-state index contributed by atoms with van der Waals surface area (Å²) in [6.45, 7) is 2.12. The highest BCUT2D eigenvalue weighted by atomic mass is 35.5. The molecule has 1 heterocycles. The summed E-state index contributed by atoms with van der Waals surface area (Å²) < 4.78 is 0. The fourth-order valence-corrected chi connectivity index (χ4v) is 2.88. The number of rotatable bonds is 5. The zero-order valence-corrected chi connectivity index (χ0v) is 11.6. The van der Waals surface area contributed by atoms with Gasteiger partial charge < -0.3 is 0 Å². The maximum absolute atomic E-state index is 6.07. The number of hydrogen-bond donors (Lipinski definition) is 0. The van der Waals surface area contributed by atoms with Crippen LogP contribution < -0.4 is 0 Å². The predicted molar refractivity (Wildman–Crippen MR) is 77.1 cm³/mol. The van der Waals surface area contributed by atoms with E-state index in [0.29, 0.717) is 5.92 Å². The third-order valence-corrected chi connectivity index (χ3v) is 4.14. The van der Waals surface area contributed by atoms with E-state index in [1.807, 2.05) is 0 Å². The minimum atomic E-state index is 0.536. The van der Waals surface area contributed by atoms with Crippen LogP contribution in [0.4, 0.5) is 0 Å². The molecule has 0 nitrogen and oxygen atoms in total. The Kier molecular flexibility index (Phi) is 4.64. The van der Waals surface area contributed by atoms with Gasteiger partial charge in [-0.1, -0.05) is 29.8 Å². The van der Waals surface area contributed by atoms with Crippen molar-refractivity contribution < 1.29 is 0 Å². The van der Waals surface area contributed by atoms with Crippen LogP contribution in [0.1, 0.15) is 16.7 Å². The van der Waals surface area contributed by atoms with Crippen LogP contribution in [0.3, 0.4) is 0 Å². The van der Waals surface area contributed by atoms with Gasteiger partial charge in [-0.2, -0.15) is 11.3 Å². The van der Waals surface area contributed by atoms with E-state index in [1.165, 1.54) is 16.7 Å². The molecule has 2 aromatic rings. The number of benzene rings is 1. The summed E-state index contributed by atoms with van der Waals surface area (Å²) in [6, 6.07) is 11.0. The van der Waals surface area contributed by atoms with E-state index in [9.17, 15) is 0 Å². The molecular formula is C15H17ClS. The first kappa shape index (κ1) is 12.7. The van der Waals surface area contributed by atoms with Crippen LogP contribution in [-0.2, 0) is 12.8 Å². The van der Waals surface area contributed by atoms with Gasteiger partial charge in [0.1, 0.15) is 0 Å². The van der Waals surface area contributed by atoms with Gasteiger partial charge in [0.05, 0.1) is 0 Å². The van der Waals surface area contributed by atoms with E-state index in [4.69, 9.17) is 11.6 Å². The molecule has 0 radical (unpaired) electrons. The SMILES string of the molecule is Cc1ccc(CC(CCl)Cc2ccsc2)cc1. The van der Waals surface area contributed by atoms with Gasteiger partial charge in [0.25, 0.3) is 0 Å². The first-order valence-electron chi connectivity index (χ1n) is 5.90. The lowest BCUT2D eigenvalue weighted by atomic mass is 9.95. The van der Waals surface area contributed by atoms with Crippen LogP contribution in [0.2, 0.25) is 0 Å². The topological polar surface area (TPSA) is 0 Å². The van der Waals surface area contributed by atoms with Crippen molar-refractivity contribution in [2.45, 2.75) is 19.8 Å². The van der Waals surface area contributed by atoms with Crippen LogP contribution in [0.15, 0.2) is 41.1 Å². The standard InChI is InChI=1S/C15H17ClS/c1-12-2-4-13(5-3-12)8-15(10-16)9-14-6-7-17-11-14/h2-7,11,15H,8-10H2,1H3. The minimum absolute atomic E-state index is 0.536. The average Bonchev–Trinajstić information content (AvgIpc) is 2.84. The molecule has 2 heteroatoms. The first-order chi connectivity index (χ1) is 8.28. The van der Waals surface area contributed by atoms with E-state index in [1.54, 1.807) is 11.3 Å². The van der Waals surface area contributed by atoms with E-state index in [0.717, 1.165) is 18.7 Å². The fourth-order valence-electron chi connectivity index (χ4n) is 1.98. The second-order valence-corrected chi connectivity index (χ2v) is 5.63. The molecule has 0 saturated heterocycles. The van der Waals surface area contributed by atoms with E-state index >= 15 is 0 Å². The van der Waals surface area contributed by atoms with Crippen LogP contribution >= 0.6 is 22.9 Å². The van der Waals surface area contributed by atoms with Gasteiger partial charge in [-0.05, 0) is 53.6 Å². The number of thiophene rings is 1. The lowest BCUT2D eigenvalue weighted by Gasteiger charge is -2.13. The molecule has 0 bridgehead atoms. The summed E-state index contributed by atoms with van der Waals surface area (Å²) in [5, 5.41) is 4.35. The van der Waals surface area contributed by atoms with Crippen molar-refractivity contribution in [2.24, 2.45) is 5.92 Å². The highest BCUT2D eigenvalue weighted by molar-refractivity contribution is 7.07. The molecule has 0 spiro atoms. The molecule has 90 valence electrons. The predicted octanol–water partition coefficient (Wildman–Crippen LogP) is 4.70. The van der Waals surface area contributed by atoms with Crippen LogP contribution in [0.25, 0.3) is 0 Å². The van der Waals surface area contributed by atoms with E-state index in [2.05, 4.69) is 48.0 Å². The zero-order valence-electron chi connectivity index (χ0n) is 10.0. The normalized spacial score (nSPS) is 12.6. The molecule has 1 atom stereocenters. The van der Waals surface area contributed by atoms with Crippen LogP contribution in [0.5, 0.6) is 0 Å². The molecule has 0 aliphatic carbocycles. The van der Waals surface area contributed by atoms with Crippen molar-refractivity contribution >= 4 is 22.9 Å². The molecule has 1 unspecified atom stereocenters. The molecule has 0 saturated carbocycles. The van der Waals surface area contributed by atoms with Crippen molar-refractivity contribution in [2.75, 3.05) is 5.88 Å². The van der Waals surface area contributed by atoms with Crippen LogP contribution in [0, 0.1) is 12.8 Å². The maximum atomic E-state index is 6.07. The number of alkyl halides is 1. The number of aryl methyl sites for hydroxylation is 1. The van der Waals surface area contributed by atoms with Gasteiger partial charge in [0.2, 0.25) is 0 Å². The van der Waals surface area contributed by atoms with Gasteiger partial charge in [-0.3, -0.25) is 0 Å². The highest BCUT2D eigenvalue weighted by Gasteiger charge is 2.09. The molecule has 0 amide bonds. The summed E-state index contributed by atoms with van der Waals surface area (Å²) in [4.78, 5) is 0. The molecule has 0 aliphatic heterocycles. The summed E-state index contributed by atoms with van der Waals surface area (Å²) in [7, 11) is 0. The lowest BCUT2D eigenvalue weighted by molar-refractivity contribution is 0.585. The van der Waals surface area contributed by atoms with Gasteiger partial charge in [0.15, 0.2) is 0 Å². The Morgan fingerprint density at radius 2 is 1.76 bits per heavy atom. The van der Waals surface area contributed by atoms with Gasteiger partial charge in [0, 0.05) is 5.88 Å². The summed E-state index contributed by atoms with van der Waals surface area (Å²) in [5.74, 6) is 1.26. The van der Waals surface area contributed by atoms with Crippen molar-refractivity contribution in [1.29, 1.82) is 0 Å². The third-order valence-electron chi connectivity index (χ3n) is 2.97. The quantitative estimate of drug-likeness (QED) is 0.687. The number of halogens is 1. The Labute approximate surface area is 112 Å². The molecule has 0 fully saturated rings.